The molecule has 11 heavy (non-hydrogen) atoms. The first-order valence-electron chi connectivity index (χ1n) is 4.74. The van der Waals surface area contributed by atoms with Crippen molar-refractivity contribution in [2.75, 3.05) is 0 Å². The van der Waals surface area contributed by atoms with E-state index in [-0.39, 0.29) is 0 Å². The molecule has 0 aromatic carbocycles. The van der Waals surface area contributed by atoms with Gasteiger partial charge in [-0.2, -0.15) is 0 Å². The van der Waals surface area contributed by atoms with Gasteiger partial charge in [0.25, 0.3) is 0 Å². The lowest BCUT2D eigenvalue weighted by atomic mass is 9.97. The maximum atomic E-state index is 5.47. The zero-order valence-electron chi connectivity index (χ0n) is 7.64. The van der Waals surface area contributed by atoms with Crippen LogP contribution in [0.15, 0.2) is 0 Å². The highest BCUT2D eigenvalue weighted by atomic mass is 15.2. The van der Waals surface area contributed by atoms with Crippen molar-refractivity contribution in [1.82, 2.24) is 5.43 Å². The van der Waals surface area contributed by atoms with Crippen LogP contribution in [0, 0.1) is 11.8 Å². The van der Waals surface area contributed by atoms with Crippen molar-refractivity contribution in [1.29, 1.82) is 0 Å². The Hall–Kier alpha value is -0.0800. The molecule has 0 heterocycles. The van der Waals surface area contributed by atoms with Crippen LogP contribution in [-0.2, 0) is 0 Å². The van der Waals surface area contributed by atoms with Crippen molar-refractivity contribution in [3.63, 3.8) is 0 Å². The predicted octanol–water partition coefficient (Wildman–Crippen LogP) is 1.66. The van der Waals surface area contributed by atoms with Crippen LogP contribution in [0.1, 0.15) is 39.5 Å². The van der Waals surface area contributed by atoms with Crippen LogP contribution in [0.2, 0.25) is 0 Å². The largest absolute Gasteiger partial charge is 0.271 e. The molecule has 1 fully saturated rings. The van der Waals surface area contributed by atoms with Gasteiger partial charge in [0.1, 0.15) is 0 Å². The number of hydrazine groups is 1. The minimum absolute atomic E-state index is 0.588. The third kappa shape index (κ3) is 2.80. The summed E-state index contributed by atoms with van der Waals surface area (Å²) in [6.07, 6.45) is 5.28. The lowest BCUT2D eigenvalue weighted by Gasteiger charge is -2.18. The lowest BCUT2D eigenvalue weighted by Crippen LogP contribution is -2.37. The monoisotopic (exact) mass is 156 g/mol. The normalized spacial score (nSPS) is 23.2. The van der Waals surface area contributed by atoms with Gasteiger partial charge in [0, 0.05) is 6.04 Å². The molecule has 3 N–H and O–H groups in total. The predicted molar refractivity (Wildman–Crippen MR) is 47.9 cm³/mol. The number of hydrogen-bond donors (Lipinski definition) is 2. The molecule has 0 aromatic heterocycles. The van der Waals surface area contributed by atoms with Crippen molar-refractivity contribution in [3.8, 4) is 0 Å². The van der Waals surface area contributed by atoms with E-state index in [2.05, 4.69) is 19.3 Å². The Bertz CT molecular complexity index is 110. The zero-order valence-corrected chi connectivity index (χ0v) is 7.64. The molecule has 1 rings (SSSR count). The Morgan fingerprint density at radius 3 is 2.55 bits per heavy atom. The highest BCUT2D eigenvalue weighted by molar-refractivity contribution is 4.85. The maximum absolute atomic E-state index is 5.47. The van der Waals surface area contributed by atoms with Crippen molar-refractivity contribution in [3.05, 3.63) is 0 Å². The first-order valence-corrected chi connectivity index (χ1v) is 4.74. The molecule has 1 aliphatic rings. The number of nitrogens with one attached hydrogen (secondary N) is 1. The van der Waals surface area contributed by atoms with Crippen LogP contribution in [0.3, 0.4) is 0 Å². The maximum Gasteiger partial charge on any atom is 0.0241 e. The first-order chi connectivity index (χ1) is 5.27. The molecule has 0 aliphatic heterocycles. The average molecular weight is 156 g/mol. The Balaban J connectivity index is 2.19. The van der Waals surface area contributed by atoms with Gasteiger partial charge in [0.15, 0.2) is 0 Å². The average Bonchev–Trinajstić information content (AvgIpc) is 2.82. The standard InChI is InChI=1S/C9H20N2/c1-3-7(2)6-9(11-10)8-4-5-8/h7-9,11H,3-6,10H2,1-2H3. The molecule has 0 radical (unpaired) electrons. The lowest BCUT2D eigenvalue weighted by molar-refractivity contribution is 0.368. The summed E-state index contributed by atoms with van der Waals surface area (Å²) in [5.74, 6) is 7.17. The summed E-state index contributed by atoms with van der Waals surface area (Å²) in [5, 5.41) is 0. The van der Waals surface area contributed by atoms with Crippen LogP contribution in [0.5, 0.6) is 0 Å². The summed E-state index contributed by atoms with van der Waals surface area (Å²) in [7, 11) is 0. The van der Waals surface area contributed by atoms with Gasteiger partial charge >= 0.3 is 0 Å². The van der Waals surface area contributed by atoms with Gasteiger partial charge in [-0.25, -0.2) is 0 Å². The van der Waals surface area contributed by atoms with Crippen LogP contribution < -0.4 is 11.3 Å². The van der Waals surface area contributed by atoms with E-state index in [0.29, 0.717) is 6.04 Å². The van der Waals surface area contributed by atoms with E-state index in [1.807, 2.05) is 0 Å². The van der Waals surface area contributed by atoms with Crippen LogP contribution in [-0.4, -0.2) is 6.04 Å². The minimum Gasteiger partial charge on any atom is -0.271 e. The van der Waals surface area contributed by atoms with Gasteiger partial charge in [-0.1, -0.05) is 20.3 Å². The fraction of sp³-hybridized carbons (Fsp3) is 1.00. The second kappa shape index (κ2) is 4.07. The number of rotatable bonds is 5. The van der Waals surface area contributed by atoms with Crippen molar-refractivity contribution >= 4 is 0 Å². The van der Waals surface area contributed by atoms with E-state index in [9.17, 15) is 0 Å². The van der Waals surface area contributed by atoms with Gasteiger partial charge in [0.05, 0.1) is 0 Å². The zero-order chi connectivity index (χ0) is 8.27. The Morgan fingerprint density at radius 1 is 1.55 bits per heavy atom. The molecule has 0 amide bonds. The quantitative estimate of drug-likeness (QED) is 0.469. The summed E-state index contributed by atoms with van der Waals surface area (Å²) < 4.78 is 0. The Morgan fingerprint density at radius 2 is 2.18 bits per heavy atom. The van der Waals surface area contributed by atoms with Crippen LogP contribution in [0.4, 0.5) is 0 Å². The van der Waals surface area contributed by atoms with Crippen molar-refractivity contribution in [2.45, 2.75) is 45.6 Å². The van der Waals surface area contributed by atoms with Crippen molar-refractivity contribution in [2.24, 2.45) is 17.7 Å². The molecular weight excluding hydrogens is 136 g/mol. The molecule has 2 nitrogen and oxygen atoms in total. The van der Waals surface area contributed by atoms with Gasteiger partial charge in [-0.05, 0) is 31.1 Å². The summed E-state index contributed by atoms with van der Waals surface area (Å²) in [6, 6.07) is 0.588. The summed E-state index contributed by atoms with van der Waals surface area (Å²) in [5.41, 5.74) is 2.93. The minimum atomic E-state index is 0.588. The molecule has 0 bridgehead atoms. The topological polar surface area (TPSA) is 38.0 Å². The third-order valence-electron chi connectivity index (χ3n) is 2.76. The van der Waals surface area contributed by atoms with Gasteiger partial charge in [-0.3, -0.25) is 11.3 Å². The molecule has 0 spiro atoms. The van der Waals surface area contributed by atoms with E-state index >= 15 is 0 Å². The molecule has 1 aliphatic carbocycles. The molecule has 2 unspecified atom stereocenters. The van der Waals surface area contributed by atoms with Gasteiger partial charge in [-0.15, -0.1) is 0 Å². The SMILES string of the molecule is CCC(C)CC(NN)C1CC1. The van der Waals surface area contributed by atoms with Crippen molar-refractivity contribution < 1.29 is 0 Å². The fourth-order valence-corrected chi connectivity index (χ4v) is 1.50. The second-order valence-electron chi connectivity index (χ2n) is 3.86. The third-order valence-corrected chi connectivity index (χ3v) is 2.76. The van der Waals surface area contributed by atoms with Gasteiger partial charge in [0.2, 0.25) is 0 Å². The van der Waals surface area contributed by atoms with Crippen LogP contribution in [0.25, 0.3) is 0 Å². The smallest absolute Gasteiger partial charge is 0.0241 e. The van der Waals surface area contributed by atoms with E-state index in [1.165, 1.54) is 25.7 Å². The highest BCUT2D eigenvalue weighted by Gasteiger charge is 2.30. The molecule has 0 saturated heterocycles. The van der Waals surface area contributed by atoms with E-state index in [4.69, 9.17) is 5.84 Å². The second-order valence-corrected chi connectivity index (χ2v) is 3.86. The van der Waals surface area contributed by atoms with E-state index < -0.39 is 0 Å². The number of hydrogen-bond acceptors (Lipinski definition) is 2. The Kier molecular flexibility index (Phi) is 3.34. The fourth-order valence-electron chi connectivity index (χ4n) is 1.50. The highest BCUT2D eigenvalue weighted by Crippen LogP contribution is 2.35. The van der Waals surface area contributed by atoms with E-state index in [1.54, 1.807) is 0 Å². The van der Waals surface area contributed by atoms with Crippen LogP contribution >= 0.6 is 0 Å². The van der Waals surface area contributed by atoms with E-state index in [0.717, 1.165) is 11.8 Å². The summed E-state index contributed by atoms with van der Waals surface area (Å²) in [6.45, 7) is 4.54. The molecule has 0 aromatic rings. The molecule has 2 atom stereocenters. The Labute approximate surface area is 69.5 Å². The molecule has 2 heteroatoms. The molecule has 1 saturated carbocycles. The molecule has 66 valence electrons. The summed E-state index contributed by atoms with van der Waals surface area (Å²) >= 11 is 0. The van der Waals surface area contributed by atoms with Gasteiger partial charge < -0.3 is 0 Å². The molecular formula is C9H20N2. The number of nitrogens with two attached hydrogens (primary N) is 1. The summed E-state index contributed by atoms with van der Waals surface area (Å²) in [4.78, 5) is 0. The first kappa shape index (κ1) is 9.01.